The van der Waals surface area contributed by atoms with Gasteiger partial charge in [-0.25, -0.2) is 0 Å². The van der Waals surface area contributed by atoms with Crippen molar-refractivity contribution in [1.29, 1.82) is 0 Å². The predicted molar refractivity (Wildman–Crippen MR) is 170 cm³/mol. The van der Waals surface area contributed by atoms with Gasteiger partial charge in [-0.2, -0.15) is 0 Å². The van der Waals surface area contributed by atoms with Crippen LogP contribution in [0.3, 0.4) is 0 Å². The van der Waals surface area contributed by atoms with Crippen molar-refractivity contribution < 1.29 is 0 Å². The molecule has 3 aliphatic rings. The van der Waals surface area contributed by atoms with E-state index in [2.05, 4.69) is 101 Å². The first kappa shape index (κ1) is 23.2. The van der Waals surface area contributed by atoms with Crippen molar-refractivity contribution in [2.75, 3.05) is 0 Å². The topological polar surface area (TPSA) is 17.8 Å². The van der Waals surface area contributed by atoms with Gasteiger partial charge >= 0.3 is 246 Å². The molecule has 0 N–H and O–H groups in total. The van der Waals surface area contributed by atoms with Gasteiger partial charge < -0.3 is 0 Å². The predicted octanol–water partition coefficient (Wildman–Crippen LogP) is 4.52. The molecule has 1 aliphatic carbocycles. The second-order valence-corrected chi connectivity index (χ2v) is 14.3. The van der Waals surface area contributed by atoms with Crippen molar-refractivity contribution in [1.82, 2.24) is 9.55 Å². The fourth-order valence-corrected chi connectivity index (χ4v) is 10.9. The molecule has 0 radical (unpaired) electrons. The Kier molecular flexibility index (Phi) is 5.23. The van der Waals surface area contributed by atoms with E-state index in [1.807, 2.05) is 24.0 Å². The second kappa shape index (κ2) is 9.01. The van der Waals surface area contributed by atoms with Gasteiger partial charge in [0, 0.05) is 0 Å². The van der Waals surface area contributed by atoms with Crippen LogP contribution in [0.4, 0.5) is 0 Å². The van der Waals surface area contributed by atoms with Gasteiger partial charge in [0.15, 0.2) is 0 Å². The zero-order valence-electron chi connectivity index (χ0n) is 21.9. The summed E-state index contributed by atoms with van der Waals surface area (Å²) < 4.78 is 5.58. The van der Waals surface area contributed by atoms with Crippen LogP contribution in [0.1, 0.15) is 24.1 Å². The van der Waals surface area contributed by atoms with Crippen LogP contribution in [0.15, 0.2) is 113 Å². The van der Waals surface area contributed by atoms with E-state index in [9.17, 15) is 0 Å². The molecule has 2 nitrogen and oxygen atoms in total. The number of aromatic nitrogens is 2. The number of aryl methyl sites for hydroxylation is 1. The summed E-state index contributed by atoms with van der Waals surface area (Å²) in [5.74, 6) is 0. The number of nitrogens with zero attached hydrogens (tertiary/aromatic N) is 2. The van der Waals surface area contributed by atoms with Crippen LogP contribution in [0.2, 0.25) is 0 Å². The normalized spacial score (nSPS) is 14.8. The Morgan fingerprint density at radius 2 is 1.68 bits per heavy atom. The van der Waals surface area contributed by atoms with Crippen molar-refractivity contribution in [3.8, 4) is 16.9 Å². The van der Waals surface area contributed by atoms with Gasteiger partial charge in [0.05, 0.1) is 0 Å². The minimum absolute atomic E-state index is 0.267. The molecule has 6 aromatic rings. The standard InChI is InChI=1S/C35H25BN2SSe/c1-3-11-29-24(8-1)25-9-2-4-12-30(25)38(29)23-16-18-31-27(21-23)36-26-17-15-22(28-10-5-6-19-37-28)20-34(26)40-33-14-7-13-32(39-31)35(33)36/h1,3,5-8,10-11,13-21H,2,4,9,12H2. The van der Waals surface area contributed by atoms with E-state index in [0.29, 0.717) is 0 Å². The number of pyridine rings is 1. The van der Waals surface area contributed by atoms with Crippen molar-refractivity contribution in [2.45, 2.75) is 35.5 Å². The van der Waals surface area contributed by atoms with Gasteiger partial charge in [0.1, 0.15) is 0 Å². The van der Waals surface area contributed by atoms with E-state index in [0.717, 1.165) is 12.1 Å². The quantitative estimate of drug-likeness (QED) is 0.274. The fraction of sp³-hybridized carbons (Fsp3) is 0.114. The molecule has 40 heavy (non-hydrogen) atoms. The van der Waals surface area contributed by atoms with Crippen molar-refractivity contribution >= 4 is 69.6 Å². The van der Waals surface area contributed by atoms with Crippen LogP contribution in [0.5, 0.6) is 0 Å². The Morgan fingerprint density at radius 3 is 2.62 bits per heavy atom. The van der Waals surface area contributed by atoms with Crippen molar-refractivity contribution in [3.63, 3.8) is 0 Å². The number of rotatable bonds is 2. The Morgan fingerprint density at radius 1 is 0.750 bits per heavy atom. The first-order valence-electron chi connectivity index (χ1n) is 14.1. The minimum atomic E-state index is 0.267. The summed E-state index contributed by atoms with van der Waals surface area (Å²) in [5, 5.41) is 1.43. The summed E-state index contributed by atoms with van der Waals surface area (Å²) in [6, 6.07) is 36.5. The number of hydrogen-bond donors (Lipinski definition) is 0. The Labute approximate surface area is 245 Å². The van der Waals surface area contributed by atoms with E-state index in [1.54, 1.807) is 5.56 Å². The molecule has 0 fully saturated rings. The first-order chi connectivity index (χ1) is 19.8. The van der Waals surface area contributed by atoms with Crippen molar-refractivity contribution in [2.24, 2.45) is 0 Å². The summed E-state index contributed by atoms with van der Waals surface area (Å²) in [5.41, 5.74) is 12.5. The molecular weight excluding hydrogens is 570 g/mol. The summed E-state index contributed by atoms with van der Waals surface area (Å²) >= 11 is 2.22. The van der Waals surface area contributed by atoms with E-state index in [-0.39, 0.29) is 21.7 Å². The number of para-hydroxylation sites is 1. The molecule has 0 saturated heterocycles. The van der Waals surface area contributed by atoms with Gasteiger partial charge in [0.2, 0.25) is 0 Å². The Bertz CT molecular complexity index is 1980. The molecular formula is C35H25BN2SSe. The average molecular weight is 595 g/mol. The van der Waals surface area contributed by atoms with Gasteiger partial charge in [0.25, 0.3) is 0 Å². The molecule has 9 rings (SSSR count). The molecule has 0 saturated carbocycles. The van der Waals surface area contributed by atoms with Gasteiger partial charge in [-0.05, 0) is 0 Å². The molecule has 4 heterocycles. The molecule has 0 unspecified atom stereocenters. The monoisotopic (exact) mass is 596 g/mol. The molecule has 2 aliphatic heterocycles. The first-order valence-corrected chi connectivity index (χ1v) is 16.7. The zero-order valence-corrected chi connectivity index (χ0v) is 24.5. The van der Waals surface area contributed by atoms with Gasteiger partial charge in [-0.15, -0.1) is 0 Å². The summed E-state index contributed by atoms with van der Waals surface area (Å²) in [4.78, 5) is 7.45. The summed E-state index contributed by atoms with van der Waals surface area (Å²) in [6.07, 6.45) is 6.81. The molecule has 0 amide bonds. The zero-order chi connectivity index (χ0) is 26.2. The maximum absolute atomic E-state index is 4.64. The average Bonchev–Trinajstić information content (AvgIpc) is 3.35. The van der Waals surface area contributed by atoms with Crippen LogP contribution in [0, 0.1) is 0 Å². The number of hydrogen-bond acceptors (Lipinski definition) is 2. The van der Waals surface area contributed by atoms with Crippen LogP contribution in [-0.2, 0) is 12.8 Å². The number of fused-ring (bicyclic) bond motifs is 7. The van der Waals surface area contributed by atoms with Crippen LogP contribution < -0.4 is 25.3 Å². The third-order valence-corrected chi connectivity index (χ3v) is 12.4. The Balaban J connectivity index is 1.25. The van der Waals surface area contributed by atoms with Gasteiger partial charge in [-0.1, -0.05) is 0 Å². The SMILES string of the molecule is c1ccc(-c2ccc3c(c2)[Se]c2cccc4c2B3c2cc(-n3c5c(c6ccccc63)CCCC5)ccc2S4)nc1. The second-order valence-electron chi connectivity index (χ2n) is 11.0. The summed E-state index contributed by atoms with van der Waals surface area (Å²) in [7, 11) is 0. The van der Waals surface area contributed by atoms with E-state index < -0.39 is 0 Å². The third kappa shape index (κ3) is 3.41. The maximum atomic E-state index is 4.64. The molecule has 190 valence electrons. The molecule has 0 atom stereocenters. The molecule has 2 aromatic heterocycles. The summed E-state index contributed by atoms with van der Waals surface area (Å²) in [6.45, 7) is 0.267. The van der Waals surface area contributed by atoms with Crippen LogP contribution >= 0.6 is 11.8 Å². The molecule has 0 spiro atoms. The molecule has 5 heteroatoms. The number of benzene rings is 4. The molecule has 0 bridgehead atoms. The van der Waals surface area contributed by atoms with Crippen LogP contribution in [0.25, 0.3) is 27.8 Å². The Hall–Kier alpha value is -3.50. The van der Waals surface area contributed by atoms with Crippen LogP contribution in [-0.4, -0.2) is 31.2 Å². The van der Waals surface area contributed by atoms with Gasteiger partial charge in [-0.3, -0.25) is 0 Å². The third-order valence-electron chi connectivity index (χ3n) is 8.78. The van der Waals surface area contributed by atoms with E-state index in [1.165, 1.54) is 82.2 Å². The van der Waals surface area contributed by atoms with E-state index in [4.69, 9.17) is 0 Å². The fourth-order valence-electron chi connectivity index (χ4n) is 7.04. The van der Waals surface area contributed by atoms with E-state index >= 15 is 0 Å². The molecule has 4 aromatic carbocycles. The van der Waals surface area contributed by atoms with Crippen molar-refractivity contribution in [3.05, 3.63) is 115 Å².